The van der Waals surface area contributed by atoms with E-state index in [1.54, 1.807) is 0 Å². The molecule has 0 saturated heterocycles. The van der Waals surface area contributed by atoms with Gasteiger partial charge in [-0.2, -0.15) is 5.10 Å². The summed E-state index contributed by atoms with van der Waals surface area (Å²) in [4.78, 5) is 0. The van der Waals surface area contributed by atoms with Crippen LogP contribution in [0.1, 0.15) is 30.5 Å². The Hall–Kier alpha value is -0.830. The van der Waals surface area contributed by atoms with Crippen molar-refractivity contribution >= 4 is 0 Å². The van der Waals surface area contributed by atoms with Crippen LogP contribution >= 0.6 is 0 Å². The van der Waals surface area contributed by atoms with E-state index in [-0.39, 0.29) is 0 Å². The molecule has 0 atom stereocenters. The van der Waals surface area contributed by atoms with Crippen LogP contribution in [0, 0.1) is 6.92 Å². The van der Waals surface area contributed by atoms with Crippen molar-refractivity contribution in [1.82, 2.24) is 10.2 Å². The topological polar surface area (TPSA) is 54.7 Å². The zero-order valence-corrected chi connectivity index (χ0v) is 7.43. The van der Waals surface area contributed by atoms with Gasteiger partial charge in [0.2, 0.25) is 0 Å². The summed E-state index contributed by atoms with van der Waals surface area (Å²) in [5.74, 6) is 0. The van der Waals surface area contributed by atoms with E-state index in [0.717, 1.165) is 13.0 Å². The van der Waals surface area contributed by atoms with Crippen molar-refractivity contribution < 1.29 is 0 Å². The normalized spacial score (nSPS) is 19.5. The molecular formula is C9H15N3. The third-order valence-electron chi connectivity index (χ3n) is 2.88. The van der Waals surface area contributed by atoms with Crippen LogP contribution in [0.25, 0.3) is 0 Å². The van der Waals surface area contributed by atoms with E-state index >= 15 is 0 Å². The van der Waals surface area contributed by atoms with Gasteiger partial charge in [0.25, 0.3) is 0 Å². The lowest BCUT2D eigenvalue weighted by atomic mass is 9.93. The van der Waals surface area contributed by atoms with Crippen LogP contribution in [0.5, 0.6) is 0 Å². The average molecular weight is 165 g/mol. The number of hydrogen-bond acceptors (Lipinski definition) is 2. The van der Waals surface area contributed by atoms with Gasteiger partial charge in [-0.05, 0) is 43.7 Å². The van der Waals surface area contributed by atoms with E-state index in [2.05, 4.69) is 17.1 Å². The predicted molar refractivity (Wildman–Crippen MR) is 47.9 cm³/mol. The van der Waals surface area contributed by atoms with E-state index in [9.17, 15) is 0 Å². The Balaban J connectivity index is 2.24. The van der Waals surface area contributed by atoms with Crippen molar-refractivity contribution in [3.05, 3.63) is 17.5 Å². The van der Waals surface area contributed by atoms with Crippen LogP contribution in [-0.2, 0) is 5.41 Å². The first-order valence-electron chi connectivity index (χ1n) is 4.49. The summed E-state index contributed by atoms with van der Waals surface area (Å²) in [6, 6.07) is 0. The van der Waals surface area contributed by atoms with Crippen molar-refractivity contribution in [1.29, 1.82) is 0 Å². The van der Waals surface area contributed by atoms with E-state index in [1.165, 1.54) is 24.1 Å². The molecule has 0 bridgehead atoms. The van der Waals surface area contributed by atoms with Crippen LogP contribution in [-0.4, -0.2) is 16.7 Å². The van der Waals surface area contributed by atoms with E-state index in [4.69, 9.17) is 5.73 Å². The fourth-order valence-electron chi connectivity index (χ4n) is 1.97. The Morgan fingerprint density at radius 2 is 2.42 bits per heavy atom. The molecule has 1 aliphatic rings. The number of rotatable bonds is 3. The number of nitrogens with two attached hydrogens (primary N) is 1. The highest BCUT2D eigenvalue weighted by atomic mass is 15.1. The van der Waals surface area contributed by atoms with Gasteiger partial charge in [0, 0.05) is 5.69 Å². The molecule has 3 N–H and O–H groups in total. The second-order valence-corrected chi connectivity index (χ2v) is 3.73. The van der Waals surface area contributed by atoms with Crippen molar-refractivity contribution in [2.24, 2.45) is 5.73 Å². The molecule has 2 rings (SSSR count). The lowest BCUT2D eigenvalue weighted by Gasteiger charge is -2.12. The van der Waals surface area contributed by atoms with Gasteiger partial charge in [0.05, 0.1) is 6.20 Å². The van der Waals surface area contributed by atoms with Gasteiger partial charge in [-0.1, -0.05) is 0 Å². The fraction of sp³-hybridized carbons (Fsp3) is 0.667. The first-order chi connectivity index (χ1) is 5.78. The minimum atomic E-state index is 0.395. The van der Waals surface area contributed by atoms with Crippen LogP contribution < -0.4 is 5.73 Å². The summed E-state index contributed by atoms with van der Waals surface area (Å²) in [5, 5.41) is 7.03. The Morgan fingerprint density at radius 1 is 1.67 bits per heavy atom. The molecule has 0 radical (unpaired) electrons. The summed E-state index contributed by atoms with van der Waals surface area (Å²) >= 11 is 0. The maximum atomic E-state index is 5.58. The minimum absolute atomic E-state index is 0.395. The summed E-state index contributed by atoms with van der Waals surface area (Å²) < 4.78 is 0. The molecule has 12 heavy (non-hydrogen) atoms. The number of nitrogens with one attached hydrogen (secondary N) is 1. The molecule has 1 aliphatic carbocycles. The summed E-state index contributed by atoms with van der Waals surface area (Å²) in [6.07, 6.45) is 5.63. The van der Waals surface area contributed by atoms with Crippen LogP contribution in [0.3, 0.4) is 0 Å². The van der Waals surface area contributed by atoms with E-state index < -0.39 is 0 Å². The largest absolute Gasteiger partial charge is 0.330 e. The van der Waals surface area contributed by atoms with Crippen molar-refractivity contribution in [3.8, 4) is 0 Å². The molecule has 0 amide bonds. The van der Waals surface area contributed by atoms with Crippen LogP contribution in [0.15, 0.2) is 6.20 Å². The molecule has 0 unspecified atom stereocenters. The molecule has 0 aliphatic heterocycles. The molecule has 1 saturated carbocycles. The highest BCUT2D eigenvalue weighted by Gasteiger charge is 2.44. The van der Waals surface area contributed by atoms with E-state index in [1.807, 2.05) is 6.20 Å². The minimum Gasteiger partial charge on any atom is -0.330 e. The molecule has 0 aromatic carbocycles. The smallest absolute Gasteiger partial charge is 0.0527 e. The summed E-state index contributed by atoms with van der Waals surface area (Å²) in [6.45, 7) is 2.86. The van der Waals surface area contributed by atoms with Gasteiger partial charge in [0.1, 0.15) is 0 Å². The molecule has 3 nitrogen and oxygen atoms in total. The number of aromatic amines is 1. The zero-order chi connectivity index (χ0) is 8.60. The lowest BCUT2D eigenvalue weighted by Crippen LogP contribution is -2.13. The molecular weight excluding hydrogens is 150 g/mol. The fourth-order valence-corrected chi connectivity index (χ4v) is 1.97. The Labute approximate surface area is 72.4 Å². The van der Waals surface area contributed by atoms with Crippen molar-refractivity contribution in [2.75, 3.05) is 6.54 Å². The number of nitrogens with zero attached hydrogens (tertiary/aromatic N) is 1. The van der Waals surface area contributed by atoms with Gasteiger partial charge in [-0.3, -0.25) is 5.10 Å². The van der Waals surface area contributed by atoms with Gasteiger partial charge >= 0.3 is 0 Å². The standard InChI is InChI=1S/C9H15N3/c1-7-8(6-11-12-7)9(2-3-9)4-5-10/h6H,2-5,10H2,1H3,(H,11,12). The Morgan fingerprint density at radius 3 is 2.83 bits per heavy atom. The third kappa shape index (κ3) is 1.05. The van der Waals surface area contributed by atoms with Crippen LogP contribution in [0.2, 0.25) is 0 Å². The molecule has 3 heteroatoms. The van der Waals surface area contributed by atoms with Crippen molar-refractivity contribution in [2.45, 2.75) is 31.6 Å². The Bertz CT molecular complexity index is 273. The van der Waals surface area contributed by atoms with Gasteiger partial charge in [-0.15, -0.1) is 0 Å². The maximum Gasteiger partial charge on any atom is 0.0527 e. The summed E-state index contributed by atoms with van der Waals surface area (Å²) in [5.41, 5.74) is 8.57. The van der Waals surface area contributed by atoms with Gasteiger partial charge < -0.3 is 5.73 Å². The number of hydrogen-bond donors (Lipinski definition) is 2. The monoisotopic (exact) mass is 165 g/mol. The third-order valence-corrected chi connectivity index (χ3v) is 2.88. The highest BCUT2D eigenvalue weighted by molar-refractivity contribution is 5.32. The molecule has 1 aromatic rings. The highest BCUT2D eigenvalue weighted by Crippen LogP contribution is 2.51. The van der Waals surface area contributed by atoms with Gasteiger partial charge in [-0.25, -0.2) is 0 Å². The van der Waals surface area contributed by atoms with Crippen LogP contribution in [0.4, 0.5) is 0 Å². The molecule has 0 spiro atoms. The van der Waals surface area contributed by atoms with Gasteiger partial charge in [0.15, 0.2) is 0 Å². The summed E-state index contributed by atoms with van der Waals surface area (Å²) in [7, 11) is 0. The average Bonchev–Trinajstić information content (AvgIpc) is 2.68. The predicted octanol–water partition coefficient (Wildman–Crippen LogP) is 1.10. The zero-order valence-electron chi connectivity index (χ0n) is 7.43. The lowest BCUT2D eigenvalue weighted by molar-refractivity contribution is 0.626. The molecule has 66 valence electrons. The first-order valence-corrected chi connectivity index (χ1v) is 4.49. The van der Waals surface area contributed by atoms with E-state index in [0.29, 0.717) is 5.41 Å². The second-order valence-electron chi connectivity index (χ2n) is 3.73. The Kier molecular flexibility index (Phi) is 1.68. The second kappa shape index (κ2) is 2.59. The molecule has 1 heterocycles. The maximum absolute atomic E-state index is 5.58. The SMILES string of the molecule is Cc1[nH]ncc1C1(CCN)CC1. The first kappa shape index (κ1) is 7.80. The quantitative estimate of drug-likeness (QED) is 0.704. The number of aryl methyl sites for hydroxylation is 1. The van der Waals surface area contributed by atoms with Crippen molar-refractivity contribution in [3.63, 3.8) is 0 Å². The molecule has 1 fully saturated rings. The molecule has 1 aromatic heterocycles. The number of H-pyrrole nitrogens is 1. The number of aromatic nitrogens is 2.